The zero-order chi connectivity index (χ0) is 10.3. The molecule has 1 aromatic heterocycles. The van der Waals surface area contributed by atoms with Gasteiger partial charge >= 0.3 is 0 Å². The van der Waals surface area contributed by atoms with Crippen LogP contribution in [0.1, 0.15) is 19.3 Å². The van der Waals surface area contributed by atoms with Gasteiger partial charge in [-0.2, -0.15) is 0 Å². The van der Waals surface area contributed by atoms with E-state index in [4.69, 9.17) is 0 Å². The summed E-state index contributed by atoms with van der Waals surface area (Å²) in [7, 11) is 0. The second-order valence-corrected chi connectivity index (χ2v) is 4.42. The molecule has 0 aromatic carbocycles. The van der Waals surface area contributed by atoms with Crippen LogP contribution in [0.3, 0.4) is 0 Å². The van der Waals surface area contributed by atoms with E-state index in [9.17, 15) is 4.79 Å². The summed E-state index contributed by atoms with van der Waals surface area (Å²) in [5.41, 5.74) is 0. The first kappa shape index (κ1) is 8.83. The number of aromatic nitrogens is 2. The summed E-state index contributed by atoms with van der Waals surface area (Å²) in [6.45, 7) is 0. The molecule has 3 rings (SSSR count). The number of anilines is 1. The van der Waals surface area contributed by atoms with Gasteiger partial charge in [0.15, 0.2) is 5.82 Å². The van der Waals surface area contributed by atoms with Gasteiger partial charge in [0, 0.05) is 18.3 Å². The highest BCUT2D eigenvalue weighted by Gasteiger charge is 2.51. The van der Waals surface area contributed by atoms with E-state index in [0.29, 0.717) is 11.7 Å². The fourth-order valence-electron chi connectivity index (χ4n) is 2.14. The lowest BCUT2D eigenvalue weighted by Crippen LogP contribution is -2.16. The summed E-state index contributed by atoms with van der Waals surface area (Å²) in [5.74, 6) is 2.40. The zero-order valence-corrected chi connectivity index (χ0v) is 8.39. The molecule has 2 aliphatic carbocycles. The smallest absolute Gasteiger partial charge is 0.228 e. The number of hydrogen-bond donors (Lipinski definition) is 1. The van der Waals surface area contributed by atoms with Gasteiger partial charge in [0.25, 0.3) is 0 Å². The molecule has 1 heterocycles. The monoisotopic (exact) mass is 203 g/mol. The summed E-state index contributed by atoms with van der Waals surface area (Å²) in [5, 5.41) is 2.80. The van der Waals surface area contributed by atoms with Crippen LogP contribution in [0, 0.1) is 17.8 Å². The minimum atomic E-state index is 0.118. The first-order chi connectivity index (χ1) is 7.34. The van der Waals surface area contributed by atoms with Crippen LogP contribution in [-0.2, 0) is 4.79 Å². The van der Waals surface area contributed by atoms with E-state index in [1.807, 2.05) is 0 Å². The van der Waals surface area contributed by atoms with Crippen molar-refractivity contribution < 1.29 is 4.79 Å². The van der Waals surface area contributed by atoms with Gasteiger partial charge in [0.2, 0.25) is 5.91 Å². The van der Waals surface area contributed by atoms with E-state index >= 15 is 0 Å². The Kier molecular flexibility index (Phi) is 1.94. The fourth-order valence-corrected chi connectivity index (χ4v) is 2.14. The molecule has 2 fully saturated rings. The van der Waals surface area contributed by atoms with Gasteiger partial charge in [0.1, 0.15) is 0 Å². The number of amides is 1. The average Bonchev–Trinajstić information content (AvgIpc) is 3.11. The summed E-state index contributed by atoms with van der Waals surface area (Å²) in [6, 6.07) is 0. The van der Waals surface area contributed by atoms with Crippen LogP contribution in [-0.4, -0.2) is 15.9 Å². The van der Waals surface area contributed by atoms with Crippen molar-refractivity contribution in [1.29, 1.82) is 0 Å². The lowest BCUT2D eigenvalue weighted by molar-refractivity contribution is -0.117. The van der Waals surface area contributed by atoms with Crippen LogP contribution >= 0.6 is 0 Å². The Labute approximate surface area is 88.1 Å². The fraction of sp³-hybridized carbons (Fsp3) is 0.545. The van der Waals surface area contributed by atoms with E-state index in [-0.39, 0.29) is 11.8 Å². The highest BCUT2D eigenvalue weighted by atomic mass is 16.2. The second-order valence-electron chi connectivity index (χ2n) is 4.42. The summed E-state index contributed by atoms with van der Waals surface area (Å²) in [4.78, 5) is 19.7. The minimum absolute atomic E-state index is 0.118. The number of carbonyl (C=O) groups excluding carboxylic acids is 1. The van der Waals surface area contributed by atoms with Crippen molar-refractivity contribution in [1.82, 2.24) is 9.97 Å². The molecule has 2 aliphatic rings. The molecule has 0 radical (unpaired) electrons. The van der Waals surface area contributed by atoms with E-state index < -0.39 is 0 Å². The van der Waals surface area contributed by atoms with Crippen molar-refractivity contribution in [3.05, 3.63) is 18.6 Å². The third-order valence-corrected chi connectivity index (χ3v) is 3.22. The van der Waals surface area contributed by atoms with Crippen LogP contribution in [0.2, 0.25) is 0 Å². The Morgan fingerprint density at radius 2 is 2.27 bits per heavy atom. The zero-order valence-electron chi connectivity index (χ0n) is 8.39. The SMILES string of the molecule is O=C(Nc1cnccn1)[C@H]1C[C@H]1C1CC1. The highest BCUT2D eigenvalue weighted by molar-refractivity contribution is 5.93. The molecule has 0 bridgehead atoms. The normalized spacial score (nSPS) is 28.5. The number of rotatable bonds is 3. The van der Waals surface area contributed by atoms with Gasteiger partial charge in [-0.25, -0.2) is 4.98 Å². The van der Waals surface area contributed by atoms with Gasteiger partial charge < -0.3 is 5.32 Å². The van der Waals surface area contributed by atoms with Gasteiger partial charge in [-0.05, 0) is 31.1 Å². The standard InChI is InChI=1S/C11H13N3O/c15-11(9-5-8(9)7-1-2-7)14-10-6-12-3-4-13-10/h3-4,6-9H,1-2,5H2,(H,13,14,15)/t8-,9-/m0/s1. The molecular formula is C11H13N3O. The molecule has 0 unspecified atom stereocenters. The van der Waals surface area contributed by atoms with Crippen molar-refractivity contribution in [3.8, 4) is 0 Å². The van der Waals surface area contributed by atoms with Crippen molar-refractivity contribution >= 4 is 11.7 Å². The van der Waals surface area contributed by atoms with Gasteiger partial charge in [0.05, 0.1) is 6.20 Å². The van der Waals surface area contributed by atoms with E-state index in [1.165, 1.54) is 12.8 Å². The third-order valence-electron chi connectivity index (χ3n) is 3.22. The van der Waals surface area contributed by atoms with Crippen LogP contribution < -0.4 is 5.32 Å². The van der Waals surface area contributed by atoms with Crippen LogP contribution in [0.25, 0.3) is 0 Å². The molecule has 0 saturated heterocycles. The molecular weight excluding hydrogens is 190 g/mol. The first-order valence-corrected chi connectivity index (χ1v) is 5.41. The van der Waals surface area contributed by atoms with Gasteiger partial charge in [-0.15, -0.1) is 0 Å². The minimum Gasteiger partial charge on any atom is -0.309 e. The maximum Gasteiger partial charge on any atom is 0.228 e. The number of nitrogens with one attached hydrogen (secondary N) is 1. The Bertz CT molecular complexity index is 375. The number of hydrogen-bond acceptors (Lipinski definition) is 3. The highest BCUT2D eigenvalue weighted by Crippen LogP contribution is 2.54. The first-order valence-electron chi connectivity index (χ1n) is 5.41. The van der Waals surface area contributed by atoms with Crippen LogP contribution in [0.5, 0.6) is 0 Å². The van der Waals surface area contributed by atoms with E-state index in [2.05, 4.69) is 15.3 Å². The Morgan fingerprint density at radius 1 is 1.40 bits per heavy atom. The number of carbonyl (C=O) groups is 1. The van der Waals surface area contributed by atoms with E-state index in [0.717, 1.165) is 12.3 Å². The molecule has 2 atom stereocenters. The molecule has 78 valence electrons. The molecule has 0 aliphatic heterocycles. The summed E-state index contributed by atoms with van der Waals surface area (Å²) >= 11 is 0. The second kappa shape index (κ2) is 3.29. The molecule has 1 N–H and O–H groups in total. The molecule has 0 spiro atoms. The molecule has 4 heteroatoms. The summed E-state index contributed by atoms with van der Waals surface area (Å²) < 4.78 is 0. The average molecular weight is 203 g/mol. The van der Waals surface area contributed by atoms with Crippen molar-refractivity contribution in [2.75, 3.05) is 5.32 Å². The molecule has 15 heavy (non-hydrogen) atoms. The topological polar surface area (TPSA) is 54.9 Å². The summed E-state index contributed by atoms with van der Waals surface area (Å²) in [6.07, 6.45) is 8.46. The van der Waals surface area contributed by atoms with Crippen LogP contribution in [0.4, 0.5) is 5.82 Å². The molecule has 1 aromatic rings. The van der Waals surface area contributed by atoms with Gasteiger partial charge in [-0.1, -0.05) is 0 Å². The lowest BCUT2D eigenvalue weighted by atomic mass is 10.2. The Hall–Kier alpha value is -1.45. The maximum absolute atomic E-state index is 11.7. The van der Waals surface area contributed by atoms with Crippen molar-refractivity contribution in [2.45, 2.75) is 19.3 Å². The quantitative estimate of drug-likeness (QED) is 0.809. The Balaban J connectivity index is 1.58. The third kappa shape index (κ3) is 1.84. The van der Waals surface area contributed by atoms with Crippen molar-refractivity contribution in [2.24, 2.45) is 17.8 Å². The largest absolute Gasteiger partial charge is 0.309 e. The predicted octanol–water partition coefficient (Wildman–Crippen LogP) is 1.46. The molecule has 1 amide bonds. The van der Waals surface area contributed by atoms with Crippen LogP contribution in [0.15, 0.2) is 18.6 Å². The molecule has 2 saturated carbocycles. The number of nitrogens with zero attached hydrogens (tertiary/aromatic N) is 2. The predicted molar refractivity (Wildman–Crippen MR) is 55.0 cm³/mol. The maximum atomic E-state index is 11.7. The Morgan fingerprint density at radius 3 is 2.93 bits per heavy atom. The molecule has 4 nitrogen and oxygen atoms in total. The van der Waals surface area contributed by atoms with E-state index in [1.54, 1.807) is 18.6 Å². The van der Waals surface area contributed by atoms with Gasteiger partial charge in [-0.3, -0.25) is 9.78 Å². The van der Waals surface area contributed by atoms with Crippen molar-refractivity contribution in [3.63, 3.8) is 0 Å². The lowest BCUT2D eigenvalue weighted by Gasteiger charge is -2.02.